The van der Waals surface area contributed by atoms with Gasteiger partial charge >= 0.3 is 0 Å². The average Bonchev–Trinajstić information content (AvgIpc) is 2.37. The van der Waals surface area contributed by atoms with Gasteiger partial charge in [0.05, 0.1) is 12.1 Å². The number of benzene rings is 2. The van der Waals surface area contributed by atoms with E-state index in [1.165, 1.54) is 42.5 Å². The van der Waals surface area contributed by atoms with Crippen LogP contribution in [0.1, 0.15) is 5.56 Å². The van der Waals surface area contributed by atoms with Gasteiger partial charge in [0, 0.05) is 5.69 Å². The molecule has 3 N–H and O–H groups in total. The van der Waals surface area contributed by atoms with E-state index >= 15 is 0 Å². The maximum Gasteiger partial charge on any atom is 0.228 e. The molecule has 1 amide bonds. The predicted molar refractivity (Wildman–Crippen MR) is 69.5 cm³/mol. The van der Waals surface area contributed by atoms with Crippen molar-refractivity contribution < 1.29 is 13.6 Å². The second-order valence-electron chi connectivity index (χ2n) is 4.09. The number of rotatable bonds is 3. The molecule has 0 aliphatic carbocycles. The quantitative estimate of drug-likeness (QED) is 0.836. The van der Waals surface area contributed by atoms with E-state index in [0.29, 0.717) is 11.3 Å². The molecule has 0 aliphatic heterocycles. The van der Waals surface area contributed by atoms with Crippen molar-refractivity contribution in [2.24, 2.45) is 0 Å². The van der Waals surface area contributed by atoms with Crippen LogP contribution in [0.25, 0.3) is 0 Å². The number of carbonyl (C=O) groups excluding carboxylic acids is 1. The summed E-state index contributed by atoms with van der Waals surface area (Å²) in [5.74, 6) is -1.16. The monoisotopic (exact) mass is 262 g/mol. The highest BCUT2D eigenvalue weighted by molar-refractivity contribution is 5.92. The largest absolute Gasteiger partial charge is 0.396 e. The number of nitrogen functional groups attached to an aromatic ring is 1. The molecule has 19 heavy (non-hydrogen) atoms. The first-order chi connectivity index (χ1) is 9.04. The van der Waals surface area contributed by atoms with E-state index < -0.39 is 5.82 Å². The van der Waals surface area contributed by atoms with E-state index in [0.717, 1.165) is 0 Å². The molecule has 98 valence electrons. The number of hydrogen-bond donors (Lipinski definition) is 2. The summed E-state index contributed by atoms with van der Waals surface area (Å²) in [6.07, 6.45) is 0.109. The van der Waals surface area contributed by atoms with Crippen LogP contribution in [0.15, 0.2) is 42.5 Å². The lowest BCUT2D eigenvalue weighted by atomic mass is 10.1. The minimum atomic E-state index is -0.531. The molecular weight excluding hydrogens is 250 g/mol. The van der Waals surface area contributed by atoms with Gasteiger partial charge in [0.1, 0.15) is 11.6 Å². The third-order valence-electron chi connectivity index (χ3n) is 2.56. The van der Waals surface area contributed by atoms with Crippen LogP contribution in [-0.2, 0) is 11.2 Å². The number of hydrogen-bond acceptors (Lipinski definition) is 2. The van der Waals surface area contributed by atoms with Crippen molar-refractivity contribution in [3.63, 3.8) is 0 Å². The van der Waals surface area contributed by atoms with E-state index in [1.54, 1.807) is 0 Å². The van der Waals surface area contributed by atoms with Crippen molar-refractivity contribution in [3.05, 3.63) is 59.7 Å². The molecule has 0 saturated heterocycles. The summed E-state index contributed by atoms with van der Waals surface area (Å²) in [6, 6.07) is 9.61. The molecule has 2 rings (SSSR count). The highest BCUT2D eigenvalue weighted by Gasteiger charge is 2.06. The number of carbonyl (C=O) groups is 1. The van der Waals surface area contributed by atoms with Crippen molar-refractivity contribution in [3.8, 4) is 0 Å². The first-order valence-corrected chi connectivity index (χ1v) is 5.64. The van der Waals surface area contributed by atoms with E-state index in [-0.39, 0.29) is 23.8 Å². The maximum absolute atomic E-state index is 12.9. The molecule has 0 fully saturated rings. The molecule has 0 bridgehead atoms. The van der Waals surface area contributed by atoms with Crippen LogP contribution < -0.4 is 11.1 Å². The number of nitrogens with one attached hydrogen (secondary N) is 1. The molecule has 2 aromatic rings. The minimum absolute atomic E-state index is 0.0282. The van der Waals surface area contributed by atoms with Crippen molar-refractivity contribution >= 4 is 17.3 Å². The lowest BCUT2D eigenvalue weighted by molar-refractivity contribution is -0.115. The van der Waals surface area contributed by atoms with Crippen LogP contribution in [0.2, 0.25) is 0 Å². The summed E-state index contributed by atoms with van der Waals surface area (Å²) >= 11 is 0. The van der Waals surface area contributed by atoms with E-state index in [2.05, 4.69) is 5.32 Å². The van der Waals surface area contributed by atoms with Gasteiger partial charge in [-0.25, -0.2) is 8.78 Å². The molecular formula is C14H12F2N2O. The molecule has 0 aliphatic rings. The summed E-state index contributed by atoms with van der Waals surface area (Å²) in [6.45, 7) is 0. The third kappa shape index (κ3) is 3.51. The molecule has 0 aromatic heterocycles. The van der Waals surface area contributed by atoms with Gasteiger partial charge < -0.3 is 11.1 Å². The summed E-state index contributed by atoms with van der Waals surface area (Å²) in [5.41, 5.74) is 6.48. The molecule has 0 heterocycles. The van der Waals surface area contributed by atoms with Gasteiger partial charge in [-0.15, -0.1) is 0 Å². The van der Waals surface area contributed by atoms with Crippen LogP contribution in [0.4, 0.5) is 20.2 Å². The maximum atomic E-state index is 12.9. The van der Waals surface area contributed by atoms with Crippen LogP contribution in [-0.4, -0.2) is 5.91 Å². The van der Waals surface area contributed by atoms with Gasteiger partial charge in [0.15, 0.2) is 0 Å². The SMILES string of the molecule is Nc1cc(NC(=O)Cc2ccc(F)cc2)ccc1F. The predicted octanol–water partition coefficient (Wildman–Crippen LogP) is 2.73. The number of anilines is 2. The van der Waals surface area contributed by atoms with Crippen molar-refractivity contribution in [2.45, 2.75) is 6.42 Å². The van der Waals surface area contributed by atoms with E-state index in [9.17, 15) is 13.6 Å². The summed E-state index contributed by atoms with van der Waals surface area (Å²) < 4.78 is 25.7. The Labute approximate surface area is 109 Å². The van der Waals surface area contributed by atoms with Gasteiger partial charge in [0.2, 0.25) is 5.91 Å². The second kappa shape index (κ2) is 5.48. The molecule has 2 aromatic carbocycles. The highest BCUT2D eigenvalue weighted by Crippen LogP contribution is 2.16. The topological polar surface area (TPSA) is 55.1 Å². The molecule has 0 saturated carbocycles. The van der Waals surface area contributed by atoms with E-state index in [4.69, 9.17) is 5.73 Å². The average molecular weight is 262 g/mol. The fraction of sp³-hybridized carbons (Fsp3) is 0.0714. The minimum Gasteiger partial charge on any atom is -0.396 e. The fourth-order valence-electron chi connectivity index (χ4n) is 1.61. The Hall–Kier alpha value is -2.43. The molecule has 5 heteroatoms. The molecule has 0 radical (unpaired) electrons. The van der Waals surface area contributed by atoms with E-state index in [1.807, 2.05) is 0 Å². The Bertz CT molecular complexity index is 597. The standard InChI is InChI=1S/C14H12F2N2O/c15-10-3-1-9(2-4-10)7-14(19)18-11-5-6-12(16)13(17)8-11/h1-6,8H,7,17H2,(H,18,19). The van der Waals surface area contributed by atoms with Gasteiger partial charge in [-0.3, -0.25) is 4.79 Å². The van der Waals surface area contributed by atoms with Crippen LogP contribution in [0.3, 0.4) is 0 Å². The molecule has 0 atom stereocenters. The fourth-order valence-corrected chi connectivity index (χ4v) is 1.61. The van der Waals surface area contributed by atoms with Gasteiger partial charge in [0.25, 0.3) is 0 Å². The van der Waals surface area contributed by atoms with Crippen molar-refractivity contribution in [1.82, 2.24) is 0 Å². The smallest absolute Gasteiger partial charge is 0.228 e. The lowest BCUT2D eigenvalue weighted by Gasteiger charge is -2.06. The summed E-state index contributed by atoms with van der Waals surface area (Å²) in [7, 11) is 0. The third-order valence-corrected chi connectivity index (χ3v) is 2.56. The zero-order valence-corrected chi connectivity index (χ0v) is 9.99. The lowest BCUT2D eigenvalue weighted by Crippen LogP contribution is -2.14. The summed E-state index contributed by atoms with van der Waals surface area (Å²) in [5, 5.41) is 2.59. The first-order valence-electron chi connectivity index (χ1n) is 5.64. The number of halogens is 2. The zero-order valence-electron chi connectivity index (χ0n) is 9.99. The Morgan fingerprint density at radius 2 is 1.79 bits per heavy atom. The van der Waals surface area contributed by atoms with Crippen LogP contribution >= 0.6 is 0 Å². The summed E-state index contributed by atoms with van der Waals surface area (Å²) in [4.78, 5) is 11.7. The Balaban J connectivity index is 2.01. The van der Waals surface area contributed by atoms with Crippen molar-refractivity contribution in [2.75, 3.05) is 11.1 Å². The molecule has 0 spiro atoms. The zero-order chi connectivity index (χ0) is 13.8. The first kappa shape index (κ1) is 13.0. The highest BCUT2D eigenvalue weighted by atomic mass is 19.1. The number of nitrogens with two attached hydrogens (primary N) is 1. The Morgan fingerprint density at radius 1 is 1.11 bits per heavy atom. The molecule has 3 nitrogen and oxygen atoms in total. The van der Waals surface area contributed by atoms with Crippen molar-refractivity contribution in [1.29, 1.82) is 0 Å². The Morgan fingerprint density at radius 3 is 2.42 bits per heavy atom. The van der Waals surface area contributed by atoms with Gasteiger partial charge in [-0.1, -0.05) is 12.1 Å². The Kier molecular flexibility index (Phi) is 3.75. The van der Waals surface area contributed by atoms with Gasteiger partial charge in [-0.2, -0.15) is 0 Å². The normalized spacial score (nSPS) is 10.2. The van der Waals surface area contributed by atoms with Gasteiger partial charge in [-0.05, 0) is 35.9 Å². The molecule has 0 unspecified atom stereocenters. The number of amides is 1. The second-order valence-corrected chi connectivity index (χ2v) is 4.09. The van der Waals surface area contributed by atoms with Crippen LogP contribution in [0.5, 0.6) is 0 Å². The van der Waals surface area contributed by atoms with Crippen LogP contribution in [0, 0.1) is 11.6 Å².